The van der Waals surface area contributed by atoms with Crippen molar-refractivity contribution in [2.24, 2.45) is 10.9 Å². The van der Waals surface area contributed by atoms with Crippen molar-refractivity contribution in [2.75, 3.05) is 32.8 Å². The highest BCUT2D eigenvalue weighted by Crippen LogP contribution is 2.20. The number of nitrogens with one attached hydrogen (secondary N) is 1. The number of carbonyl (C=O) groups is 1. The van der Waals surface area contributed by atoms with Gasteiger partial charge in [-0.3, -0.25) is 9.79 Å². The van der Waals surface area contributed by atoms with E-state index in [1.54, 1.807) is 0 Å². The Balaban J connectivity index is 0.00000280. The summed E-state index contributed by atoms with van der Waals surface area (Å²) >= 11 is 0. The maximum Gasteiger partial charge on any atom is 0.309 e. The fraction of sp³-hybridized carbons (Fsp3) is 0.524. The summed E-state index contributed by atoms with van der Waals surface area (Å²) in [5, 5.41) is 4.49. The second-order valence-electron chi connectivity index (χ2n) is 6.75. The first-order valence-corrected chi connectivity index (χ1v) is 9.88. The van der Waals surface area contributed by atoms with E-state index in [4.69, 9.17) is 14.1 Å². The predicted octanol–water partition coefficient (Wildman–Crippen LogP) is 3.83. The molecule has 0 atom stereocenters. The number of para-hydroxylation sites is 1. The van der Waals surface area contributed by atoms with Crippen molar-refractivity contribution in [1.82, 2.24) is 10.2 Å². The number of benzene rings is 1. The molecule has 0 amide bonds. The van der Waals surface area contributed by atoms with Crippen LogP contribution in [0.5, 0.6) is 0 Å². The molecule has 0 aliphatic carbocycles. The molecule has 3 rings (SSSR count). The lowest BCUT2D eigenvalue weighted by atomic mass is 9.97. The molecule has 1 fully saturated rings. The Morgan fingerprint density at radius 3 is 2.71 bits per heavy atom. The molecule has 0 radical (unpaired) electrons. The summed E-state index contributed by atoms with van der Waals surface area (Å²) in [7, 11) is 0. The molecule has 2 aromatic rings. The summed E-state index contributed by atoms with van der Waals surface area (Å²) in [5.41, 5.74) is 0.921. The van der Waals surface area contributed by atoms with Crippen LogP contribution in [0, 0.1) is 5.92 Å². The Morgan fingerprint density at radius 1 is 1.29 bits per heavy atom. The number of halogens is 1. The molecule has 1 aliphatic heterocycles. The molecule has 1 aliphatic rings. The number of aliphatic imine (C=N–C) groups is 1. The maximum atomic E-state index is 11.9. The molecule has 1 N–H and O–H groups in total. The Labute approximate surface area is 183 Å². The lowest BCUT2D eigenvalue weighted by Crippen LogP contribution is -2.46. The number of piperidine rings is 1. The van der Waals surface area contributed by atoms with Crippen LogP contribution in [0.25, 0.3) is 11.0 Å². The minimum atomic E-state index is -0.0658. The Kier molecular flexibility index (Phi) is 9.08. The molecule has 1 aromatic carbocycles. The van der Waals surface area contributed by atoms with Gasteiger partial charge in [-0.2, -0.15) is 0 Å². The number of guanidine groups is 1. The maximum absolute atomic E-state index is 11.9. The molecular formula is C21H30IN3O3. The molecular weight excluding hydrogens is 469 g/mol. The summed E-state index contributed by atoms with van der Waals surface area (Å²) in [6.45, 7) is 7.50. The van der Waals surface area contributed by atoms with E-state index in [2.05, 4.69) is 29.3 Å². The number of ether oxygens (including phenoxy) is 1. The number of hydrogen-bond acceptors (Lipinski definition) is 4. The largest absolute Gasteiger partial charge is 0.466 e. The van der Waals surface area contributed by atoms with Crippen LogP contribution < -0.4 is 5.32 Å². The van der Waals surface area contributed by atoms with Gasteiger partial charge in [-0.15, -0.1) is 24.0 Å². The Morgan fingerprint density at radius 2 is 2.04 bits per heavy atom. The highest BCUT2D eigenvalue weighted by Gasteiger charge is 2.27. The normalized spacial score (nSPS) is 15.4. The minimum Gasteiger partial charge on any atom is -0.466 e. The smallest absolute Gasteiger partial charge is 0.309 e. The van der Waals surface area contributed by atoms with Crippen molar-refractivity contribution in [1.29, 1.82) is 0 Å². The number of nitrogens with zero attached hydrogens (tertiary/aromatic N) is 2. The van der Waals surface area contributed by atoms with Crippen LogP contribution in [-0.2, 0) is 16.0 Å². The van der Waals surface area contributed by atoms with Gasteiger partial charge in [0.05, 0.1) is 12.5 Å². The highest BCUT2D eigenvalue weighted by molar-refractivity contribution is 14.0. The zero-order chi connectivity index (χ0) is 19.1. The standard InChI is InChI=1S/C21H29N3O3.HI/c1-3-22-21(24-13-10-16(11-14-24)20(25)26-4-2)23-12-9-18-15-17-7-5-6-8-19(17)27-18;/h5-8,15-16H,3-4,9-14H2,1-2H3,(H,22,23);1H. The van der Waals surface area contributed by atoms with Crippen LogP contribution in [0.4, 0.5) is 0 Å². The van der Waals surface area contributed by atoms with Crippen molar-refractivity contribution < 1.29 is 13.9 Å². The van der Waals surface area contributed by atoms with Gasteiger partial charge >= 0.3 is 5.97 Å². The van der Waals surface area contributed by atoms with Crippen molar-refractivity contribution in [2.45, 2.75) is 33.1 Å². The number of esters is 1. The molecule has 0 bridgehead atoms. The van der Waals surface area contributed by atoms with Gasteiger partial charge in [0.25, 0.3) is 0 Å². The van der Waals surface area contributed by atoms with Crippen molar-refractivity contribution in [3.63, 3.8) is 0 Å². The van der Waals surface area contributed by atoms with E-state index in [0.29, 0.717) is 13.2 Å². The van der Waals surface area contributed by atoms with Crippen LogP contribution in [0.15, 0.2) is 39.7 Å². The molecule has 154 valence electrons. The van der Waals surface area contributed by atoms with E-state index in [1.165, 1.54) is 0 Å². The van der Waals surface area contributed by atoms with E-state index in [-0.39, 0.29) is 35.9 Å². The Hall–Kier alpha value is -1.77. The summed E-state index contributed by atoms with van der Waals surface area (Å²) in [6.07, 6.45) is 2.39. The monoisotopic (exact) mass is 499 g/mol. The van der Waals surface area contributed by atoms with Gasteiger partial charge < -0.3 is 19.4 Å². The molecule has 28 heavy (non-hydrogen) atoms. The molecule has 0 unspecified atom stereocenters. The highest BCUT2D eigenvalue weighted by atomic mass is 127. The first-order chi connectivity index (χ1) is 13.2. The van der Waals surface area contributed by atoms with Gasteiger partial charge in [0.1, 0.15) is 11.3 Å². The predicted molar refractivity (Wildman–Crippen MR) is 122 cm³/mol. The summed E-state index contributed by atoms with van der Waals surface area (Å²) in [6, 6.07) is 10.1. The van der Waals surface area contributed by atoms with Gasteiger partial charge in [0.2, 0.25) is 0 Å². The van der Waals surface area contributed by atoms with Gasteiger partial charge in [-0.05, 0) is 38.8 Å². The summed E-state index contributed by atoms with van der Waals surface area (Å²) in [4.78, 5) is 18.9. The first-order valence-electron chi connectivity index (χ1n) is 9.88. The average Bonchev–Trinajstić information content (AvgIpc) is 3.10. The molecule has 7 heteroatoms. The van der Waals surface area contributed by atoms with Crippen molar-refractivity contribution >= 4 is 46.9 Å². The van der Waals surface area contributed by atoms with E-state index < -0.39 is 0 Å². The van der Waals surface area contributed by atoms with E-state index in [9.17, 15) is 4.79 Å². The lowest BCUT2D eigenvalue weighted by molar-refractivity contribution is -0.149. The third-order valence-corrected chi connectivity index (χ3v) is 4.85. The zero-order valence-electron chi connectivity index (χ0n) is 16.6. The van der Waals surface area contributed by atoms with Crippen LogP contribution in [0.3, 0.4) is 0 Å². The van der Waals surface area contributed by atoms with Crippen molar-refractivity contribution in [3.05, 3.63) is 36.1 Å². The average molecular weight is 499 g/mol. The molecule has 0 spiro atoms. The first kappa shape index (κ1) is 22.5. The number of rotatable bonds is 6. The molecule has 6 nitrogen and oxygen atoms in total. The zero-order valence-corrected chi connectivity index (χ0v) is 19.0. The fourth-order valence-corrected chi connectivity index (χ4v) is 3.44. The minimum absolute atomic E-state index is 0. The van der Waals surface area contributed by atoms with E-state index >= 15 is 0 Å². The van der Waals surface area contributed by atoms with E-state index in [0.717, 1.165) is 61.6 Å². The van der Waals surface area contributed by atoms with Gasteiger partial charge in [0, 0.05) is 38.0 Å². The number of furan rings is 1. The van der Waals surface area contributed by atoms with Gasteiger partial charge in [-0.1, -0.05) is 18.2 Å². The topological polar surface area (TPSA) is 67.1 Å². The third kappa shape index (κ3) is 5.86. The summed E-state index contributed by atoms with van der Waals surface area (Å²) in [5.74, 6) is 1.82. The molecule has 0 saturated carbocycles. The van der Waals surface area contributed by atoms with Crippen LogP contribution in [0.2, 0.25) is 0 Å². The summed E-state index contributed by atoms with van der Waals surface area (Å²) < 4.78 is 11.0. The van der Waals surface area contributed by atoms with Gasteiger partial charge in [-0.25, -0.2) is 0 Å². The second kappa shape index (κ2) is 11.3. The van der Waals surface area contributed by atoms with Crippen LogP contribution >= 0.6 is 24.0 Å². The number of carbonyl (C=O) groups excluding carboxylic acids is 1. The van der Waals surface area contributed by atoms with Crippen LogP contribution in [0.1, 0.15) is 32.4 Å². The molecule has 2 heterocycles. The number of fused-ring (bicyclic) bond motifs is 1. The SMILES string of the molecule is CCNC(=NCCc1cc2ccccc2o1)N1CCC(C(=O)OCC)CC1.I. The van der Waals surface area contributed by atoms with Crippen molar-refractivity contribution in [3.8, 4) is 0 Å². The van der Waals surface area contributed by atoms with E-state index in [1.807, 2.05) is 25.1 Å². The number of hydrogen-bond donors (Lipinski definition) is 1. The molecule has 1 aromatic heterocycles. The molecule has 1 saturated heterocycles. The fourth-order valence-electron chi connectivity index (χ4n) is 3.44. The van der Waals surface area contributed by atoms with Gasteiger partial charge in [0.15, 0.2) is 5.96 Å². The third-order valence-electron chi connectivity index (χ3n) is 4.85. The Bertz CT molecular complexity index is 749. The number of likely N-dealkylation sites (tertiary alicyclic amines) is 1. The quantitative estimate of drug-likeness (QED) is 0.283. The lowest BCUT2D eigenvalue weighted by Gasteiger charge is -2.33. The van der Waals surface area contributed by atoms with Crippen LogP contribution in [-0.4, -0.2) is 49.6 Å². The second-order valence-corrected chi connectivity index (χ2v) is 6.75.